The molecule has 0 atom stereocenters. The molecule has 1 saturated carbocycles. The quantitative estimate of drug-likeness (QED) is 0.836. The van der Waals surface area contributed by atoms with Crippen molar-refractivity contribution in [3.8, 4) is 0 Å². The van der Waals surface area contributed by atoms with Crippen LogP contribution in [0.3, 0.4) is 0 Å². The standard InChI is InChI=1S/C15H21BrN2O2/c1-20-10-12-13(16)7-4-8-14(12)18-15(19)9-17-11-5-2-3-6-11/h4,7-8,11,17H,2-3,5-6,9-10H2,1H3,(H,18,19). The molecule has 1 aliphatic carbocycles. The molecule has 0 spiro atoms. The van der Waals surface area contributed by atoms with E-state index < -0.39 is 0 Å². The lowest BCUT2D eigenvalue weighted by Crippen LogP contribution is -2.34. The fraction of sp³-hybridized carbons (Fsp3) is 0.533. The van der Waals surface area contributed by atoms with Crippen LogP contribution < -0.4 is 10.6 Å². The van der Waals surface area contributed by atoms with E-state index in [2.05, 4.69) is 26.6 Å². The van der Waals surface area contributed by atoms with Crippen LogP contribution in [0, 0.1) is 0 Å². The number of nitrogens with one attached hydrogen (secondary N) is 2. The number of carbonyl (C=O) groups excluding carboxylic acids is 1. The summed E-state index contributed by atoms with van der Waals surface area (Å²) < 4.78 is 6.12. The van der Waals surface area contributed by atoms with E-state index in [0.29, 0.717) is 19.2 Å². The molecule has 0 aromatic heterocycles. The fourth-order valence-corrected chi connectivity index (χ4v) is 3.01. The van der Waals surface area contributed by atoms with E-state index in [1.165, 1.54) is 25.7 Å². The minimum absolute atomic E-state index is 0.00708. The Labute approximate surface area is 128 Å². The summed E-state index contributed by atoms with van der Waals surface area (Å²) >= 11 is 3.48. The molecule has 1 aliphatic rings. The third kappa shape index (κ3) is 4.30. The third-order valence-corrected chi connectivity index (χ3v) is 4.33. The number of carbonyl (C=O) groups is 1. The van der Waals surface area contributed by atoms with Crippen molar-refractivity contribution in [3.63, 3.8) is 0 Å². The Bertz CT molecular complexity index is 459. The topological polar surface area (TPSA) is 50.4 Å². The summed E-state index contributed by atoms with van der Waals surface area (Å²) in [5, 5.41) is 6.26. The number of halogens is 1. The number of hydrogen-bond donors (Lipinski definition) is 2. The van der Waals surface area contributed by atoms with Crippen LogP contribution in [0.1, 0.15) is 31.2 Å². The Morgan fingerprint density at radius 2 is 2.15 bits per heavy atom. The van der Waals surface area contributed by atoms with E-state index in [-0.39, 0.29) is 5.91 Å². The van der Waals surface area contributed by atoms with Crippen molar-refractivity contribution >= 4 is 27.5 Å². The van der Waals surface area contributed by atoms with E-state index in [4.69, 9.17) is 4.74 Å². The van der Waals surface area contributed by atoms with Gasteiger partial charge in [-0.3, -0.25) is 4.79 Å². The van der Waals surface area contributed by atoms with Crippen molar-refractivity contribution in [2.75, 3.05) is 19.0 Å². The lowest BCUT2D eigenvalue weighted by molar-refractivity contribution is -0.115. The largest absolute Gasteiger partial charge is 0.380 e. The first-order valence-corrected chi connectivity index (χ1v) is 7.79. The van der Waals surface area contributed by atoms with Crippen LogP contribution in [-0.2, 0) is 16.1 Å². The van der Waals surface area contributed by atoms with Gasteiger partial charge < -0.3 is 15.4 Å². The van der Waals surface area contributed by atoms with E-state index in [0.717, 1.165) is 15.7 Å². The smallest absolute Gasteiger partial charge is 0.238 e. The highest BCUT2D eigenvalue weighted by molar-refractivity contribution is 9.10. The molecule has 1 aromatic rings. The molecule has 0 unspecified atom stereocenters. The second-order valence-electron chi connectivity index (χ2n) is 5.11. The molecule has 1 amide bonds. The summed E-state index contributed by atoms with van der Waals surface area (Å²) in [7, 11) is 1.65. The summed E-state index contributed by atoms with van der Waals surface area (Å²) in [5.74, 6) is -0.00708. The molecule has 0 heterocycles. The number of hydrogen-bond acceptors (Lipinski definition) is 3. The van der Waals surface area contributed by atoms with Crippen LogP contribution in [0.2, 0.25) is 0 Å². The molecule has 4 nitrogen and oxygen atoms in total. The minimum Gasteiger partial charge on any atom is -0.380 e. The number of methoxy groups -OCH3 is 1. The molecule has 1 aromatic carbocycles. The van der Waals surface area contributed by atoms with Gasteiger partial charge in [-0.15, -0.1) is 0 Å². The van der Waals surface area contributed by atoms with Crippen LogP contribution >= 0.6 is 15.9 Å². The molecule has 2 rings (SSSR count). The lowest BCUT2D eigenvalue weighted by Gasteiger charge is -2.14. The van der Waals surface area contributed by atoms with Gasteiger partial charge in [0.15, 0.2) is 0 Å². The van der Waals surface area contributed by atoms with E-state index in [9.17, 15) is 4.79 Å². The zero-order valence-corrected chi connectivity index (χ0v) is 13.3. The SMILES string of the molecule is COCc1c(Br)cccc1NC(=O)CNC1CCCC1. The lowest BCUT2D eigenvalue weighted by atomic mass is 10.2. The van der Waals surface area contributed by atoms with Crippen molar-refractivity contribution in [2.45, 2.75) is 38.3 Å². The second-order valence-corrected chi connectivity index (χ2v) is 5.96. The Morgan fingerprint density at radius 1 is 1.40 bits per heavy atom. The molecular weight excluding hydrogens is 320 g/mol. The summed E-state index contributed by atoms with van der Waals surface area (Å²) in [6.45, 7) is 0.830. The van der Waals surface area contributed by atoms with E-state index >= 15 is 0 Å². The Kier molecular flexibility index (Phi) is 6.01. The van der Waals surface area contributed by atoms with Gasteiger partial charge in [-0.05, 0) is 25.0 Å². The first-order valence-electron chi connectivity index (χ1n) is 7.00. The summed E-state index contributed by atoms with van der Waals surface area (Å²) in [5.41, 5.74) is 1.77. The van der Waals surface area contributed by atoms with Crippen molar-refractivity contribution in [1.29, 1.82) is 0 Å². The maximum Gasteiger partial charge on any atom is 0.238 e. The number of anilines is 1. The third-order valence-electron chi connectivity index (χ3n) is 3.59. The zero-order chi connectivity index (χ0) is 14.4. The number of amides is 1. The number of ether oxygens (including phenoxy) is 1. The van der Waals surface area contributed by atoms with Crippen LogP contribution in [0.5, 0.6) is 0 Å². The van der Waals surface area contributed by atoms with E-state index in [1.54, 1.807) is 7.11 Å². The average Bonchev–Trinajstić information content (AvgIpc) is 2.94. The van der Waals surface area contributed by atoms with Crippen LogP contribution in [-0.4, -0.2) is 25.6 Å². The fourth-order valence-electron chi connectivity index (χ4n) is 2.53. The predicted octanol–water partition coefficient (Wildman–Crippen LogP) is 3.07. The van der Waals surface area contributed by atoms with Crippen molar-refractivity contribution < 1.29 is 9.53 Å². The Hall–Kier alpha value is -0.910. The summed E-state index contributed by atoms with van der Waals surface area (Å²) in [6, 6.07) is 6.25. The molecular formula is C15H21BrN2O2. The molecule has 20 heavy (non-hydrogen) atoms. The van der Waals surface area contributed by atoms with Crippen LogP contribution in [0.25, 0.3) is 0 Å². The summed E-state index contributed by atoms with van der Waals surface area (Å²) in [4.78, 5) is 12.0. The highest BCUT2D eigenvalue weighted by atomic mass is 79.9. The van der Waals surface area contributed by atoms with Crippen molar-refractivity contribution in [3.05, 3.63) is 28.2 Å². The number of rotatable bonds is 6. The van der Waals surface area contributed by atoms with E-state index in [1.807, 2.05) is 18.2 Å². The minimum atomic E-state index is -0.00708. The van der Waals surface area contributed by atoms with Crippen LogP contribution in [0.4, 0.5) is 5.69 Å². The van der Waals surface area contributed by atoms with Crippen molar-refractivity contribution in [2.24, 2.45) is 0 Å². The van der Waals surface area contributed by atoms with Gasteiger partial charge in [0, 0.05) is 28.9 Å². The Balaban J connectivity index is 1.91. The van der Waals surface area contributed by atoms with Crippen molar-refractivity contribution in [1.82, 2.24) is 5.32 Å². The van der Waals surface area contributed by atoms with Gasteiger partial charge in [0.1, 0.15) is 0 Å². The molecule has 5 heteroatoms. The highest BCUT2D eigenvalue weighted by Gasteiger charge is 2.16. The van der Waals surface area contributed by atoms with Crippen LogP contribution in [0.15, 0.2) is 22.7 Å². The molecule has 0 radical (unpaired) electrons. The predicted molar refractivity (Wildman–Crippen MR) is 83.7 cm³/mol. The zero-order valence-electron chi connectivity index (χ0n) is 11.7. The van der Waals surface area contributed by atoms with Gasteiger partial charge in [0.2, 0.25) is 5.91 Å². The number of benzene rings is 1. The molecule has 1 fully saturated rings. The maximum atomic E-state index is 12.0. The highest BCUT2D eigenvalue weighted by Crippen LogP contribution is 2.25. The molecule has 110 valence electrons. The molecule has 0 bridgehead atoms. The van der Waals surface area contributed by atoms with Gasteiger partial charge in [0.05, 0.1) is 13.2 Å². The van der Waals surface area contributed by atoms with Gasteiger partial charge in [0.25, 0.3) is 0 Å². The van der Waals surface area contributed by atoms with Gasteiger partial charge in [-0.25, -0.2) is 0 Å². The molecule has 2 N–H and O–H groups in total. The van der Waals surface area contributed by atoms with Gasteiger partial charge in [-0.2, -0.15) is 0 Å². The maximum absolute atomic E-state index is 12.0. The first kappa shape index (κ1) is 15.5. The monoisotopic (exact) mass is 340 g/mol. The van der Waals surface area contributed by atoms with Gasteiger partial charge >= 0.3 is 0 Å². The second kappa shape index (κ2) is 7.76. The Morgan fingerprint density at radius 3 is 2.85 bits per heavy atom. The molecule has 0 saturated heterocycles. The summed E-state index contributed by atoms with van der Waals surface area (Å²) in [6.07, 6.45) is 4.89. The normalized spacial score (nSPS) is 15.5. The first-order chi connectivity index (χ1) is 9.70. The van der Waals surface area contributed by atoms with Gasteiger partial charge in [-0.1, -0.05) is 34.8 Å². The average molecular weight is 341 g/mol. The molecule has 0 aliphatic heterocycles.